The smallest absolute Gasteiger partial charge is 0.255 e. The average Bonchev–Trinajstić information content (AvgIpc) is 2.43. The number of carbonyl (C=O) groups is 2. The number of rotatable bonds is 6. The lowest BCUT2D eigenvalue weighted by Crippen LogP contribution is -2.34. The molecule has 2 N–H and O–H groups in total. The number of carbonyl (C=O) groups excluding carboxylic acids is 2. The van der Waals surface area contributed by atoms with Crippen molar-refractivity contribution in [1.82, 2.24) is 10.2 Å². The highest BCUT2D eigenvalue weighted by molar-refractivity contribution is 5.97. The molecule has 1 rings (SSSR count). The molecule has 2 amide bonds. The maximum atomic E-state index is 11.9. The molecule has 5 heteroatoms. The predicted octanol–water partition coefficient (Wildman–Crippen LogP) is 1.69. The second kappa shape index (κ2) is 7.53. The highest BCUT2D eigenvalue weighted by atomic mass is 16.3. The molecule has 0 saturated heterocycles. The molecule has 110 valence electrons. The molecule has 0 aromatic heterocycles. The van der Waals surface area contributed by atoms with Gasteiger partial charge in [-0.05, 0) is 32.4 Å². The van der Waals surface area contributed by atoms with Gasteiger partial charge in [-0.1, -0.05) is 12.1 Å². The minimum absolute atomic E-state index is 0.0138. The van der Waals surface area contributed by atoms with Gasteiger partial charge in [0.15, 0.2) is 0 Å². The summed E-state index contributed by atoms with van der Waals surface area (Å²) in [6.45, 7) is 7.18. The van der Waals surface area contributed by atoms with Crippen LogP contribution in [0.2, 0.25) is 0 Å². The first-order valence-electron chi connectivity index (χ1n) is 6.85. The van der Waals surface area contributed by atoms with Crippen molar-refractivity contribution in [3.8, 4) is 5.75 Å². The van der Waals surface area contributed by atoms with E-state index in [9.17, 15) is 14.7 Å². The van der Waals surface area contributed by atoms with Crippen LogP contribution in [0.3, 0.4) is 0 Å². The summed E-state index contributed by atoms with van der Waals surface area (Å²) >= 11 is 0. The van der Waals surface area contributed by atoms with E-state index in [4.69, 9.17) is 0 Å². The summed E-state index contributed by atoms with van der Waals surface area (Å²) in [5.41, 5.74) is 0.886. The van der Waals surface area contributed by atoms with Crippen molar-refractivity contribution in [3.63, 3.8) is 0 Å². The van der Waals surface area contributed by atoms with Crippen LogP contribution in [0.1, 0.15) is 36.2 Å². The summed E-state index contributed by atoms with van der Waals surface area (Å²) < 4.78 is 0. The van der Waals surface area contributed by atoms with Crippen LogP contribution in [0.4, 0.5) is 0 Å². The largest absolute Gasteiger partial charge is 0.507 e. The Labute approximate surface area is 119 Å². The Morgan fingerprint density at radius 1 is 1.25 bits per heavy atom. The number of nitrogens with one attached hydrogen (secondary N) is 1. The van der Waals surface area contributed by atoms with Crippen LogP contribution in [-0.4, -0.2) is 41.5 Å². The molecular weight excluding hydrogens is 256 g/mol. The Balaban J connectivity index is 2.52. The Kier molecular flexibility index (Phi) is 6.03. The number of hydrogen-bond acceptors (Lipinski definition) is 3. The third-order valence-corrected chi connectivity index (χ3v) is 3.22. The fraction of sp³-hybridized carbons (Fsp3) is 0.467. The summed E-state index contributed by atoms with van der Waals surface area (Å²) in [7, 11) is 0. The van der Waals surface area contributed by atoms with E-state index in [0.29, 0.717) is 18.7 Å². The van der Waals surface area contributed by atoms with E-state index >= 15 is 0 Å². The molecule has 0 aliphatic rings. The van der Waals surface area contributed by atoms with E-state index in [-0.39, 0.29) is 36.1 Å². The summed E-state index contributed by atoms with van der Waals surface area (Å²) in [6, 6.07) is 5.00. The first-order chi connectivity index (χ1) is 9.51. The van der Waals surface area contributed by atoms with Crippen LogP contribution < -0.4 is 5.32 Å². The number of benzene rings is 1. The molecule has 1 aromatic rings. The highest BCUT2D eigenvalue weighted by Crippen LogP contribution is 2.20. The molecule has 5 nitrogen and oxygen atoms in total. The molecule has 0 aliphatic heterocycles. The van der Waals surface area contributed by atoms with Crippen molar-refractivity contribution in [2.45, 2.75) is 27.2 Å². The minimum atomic E-state index is -0.362. The van der Waals surface area contributed by atoms with Crippen molar-refractivity contribution in [2.24, 2.45) is 0 Å². The van der Waals surface area contributed by atoms with Gasteiger partial charge in [0, 0.05) is 26.1 Å². The normalized spacial score (nSPS) is 10.2. The Morgan fingerprint density at radius 3 is 2.50 bits per heavy atom. The maximum Gasteiger partial charge on any atom is 0.255 e. The zero-order valence-electron chi connectivity index (χ0n) is 12.3. The Bertz CT molecular complexity index is 482. The molecule has 1 aromatic carbocycles. The van der Waals surface area contributed by atoms with Gasteiger partial charge in [0.1, 0.15) is 5.75 Å². The molecule has 0 saturated carbocycles. The third-order valence-electron chi connectivity index (χ3n) is 3.22. The average molecular weight is 278 g/mol. The van der Waals surface area contributed by atoms with Gasteiger partial charge in [-0.25, -0.2) is 0 Å². The van der Waals surface area contributed by atoms with Crippen LogP contribution in [0, 0.1) is 6.92 Å². The van der Waals surface area contributed by atoms with Crippen molar-refractivity contribution >= 4 is 11.8 Å². The number of aryl methyl sites for hydroxylation is 1. The molecule has 0 aliphatic carbocycles. The van der Waals surface area contributed by atoms with Crippen LogP contribution >= 0.6 is 0 Å². The zero-order chi connectivity index (χ0) is 15.1. The van der Waals surface area contributed by atoms with Gasteiger partial charge < -0.3 is 15.3 Å². The monoisotopic (exact) mass is 278 g/mol. The number of hydrogen-bond donors (Lipinski definition) is 2. The molecule has 0 atom stereocenters. The van der Waals surface area contributed by atoms with Gasteiger partial charge in [0.2, 0.25) is 5.91 Å². The first-order valence-corrected chi connectivity index (χ1v) is 6.85. The second-order valence-corrected chi connectivity index (χ2v) is 4.54. The number of phenols is 1. The van der Waals surface area contributed by atoms with Gasteiger partial charge in [-0.3, -0.25) is 9.59 Å². The lowest BCUT2D eigenvalue weighted by atomic mass is 10.1. The fourth-order valence-corrected chi connectivity index (χ4v) is 1.95. The van der Waals surface area contributed by atoms with Crippen molar-refractivity contribution < 1.29 is 14.7 Å². The Hall–Kier alpha value is -2.04. The molecule has 0 bridgehead atoms. The second-order valence-electron chi connectivity index (χ2n) is 4.54. The minimum Gasteiger partial charge on any atom is -0.507 e. The quantitative estimate of drug-likeness (QED) is 0.832. The van der Waals surface area contributed by atoms with Crippen LogP contribution in [0.25, 0.3) is 0 Å². The predicted molar refractivity (Wildman–Crippen MR) is 77.7 cm³/mol. The molecular formula is C15H22N2O3. The number of para-hydroxylation sites is 1. The van der Waals surface area contributed by atoms with Gasteiger partial charge in [0.05, 0.1) is 5.56 Å². The standard InChI is InChI=1S/C15H22N2O3/c1-4-17(5-2)13(18)9-10-16-15(20)12-8-6-7-11(3)14(12)19/h6-8,19H,4-5,9-10H2,1-3H3,(H,16,20). The van der Waals surface area contributed by atoms with Crippen LogP contribution in [0.5, 0.6) is 5.75 Å². The number of phenolic OH excluding ortho intramolecular Hbond substituents is 1. The van der Waals surface area contributed by atoms with Gasteiger partial charge in [0.25, 0.3) is 5.91 Å². The fourth-order valence-electron chi connectivity index (χ4n) is 1.95. The molecule has 0 spiro atoms. The van der Waals surface area contributed by atoms with E-state index in [1.165, 1.54) is 0 Å². The van der Waals surface area contributed by atoms with Crippen molar-refractivity contribution in [1.29, 1.82) is 0 Å². The maximum absolute atomic E-state index is 11.9. The van der Waals surface area contributed by atoms with Crippen LogP contribution in [-0.2, 0) is 4.79 Å². The summed E-state index contributed by atoms with van der Waals surface area (Å²) in [6.07, 6.45) is 0.264. The lowest BCUT2D eigenvalue weighted by Gasteiger charge is -2.18. The first kappa shape index (κ1) is 16.0. The summed E-state index contributed by atoms with van der Waals surface area (Å²) in [5, 5.41) is 12.5. The van der Waals surface area contributed by atoms with E-state index in [1.54, 1.807) is 30.0 Å². The molecule has 0 radical (unpaired) electrons. The Morgan fingerprint density at radius 2 is 1.90 bits per heavy atom. The van der Waals surface area contributed by atoms with Crippen molar-refractivity contribution in [3.05, 3.63) is 29.3 Å². The third kappa shape index (κ3) is 3.98. The number of aromatic hydroxyl groups is 1. The molecule has 0 fully saturated rings. The topological polar surface area (TPSA) is 69.6 Å². The van der Waals surface area contributed by atoms with Gasteiger partial charge in [-0.2, -0.15) is 0 Å². The summed E-state index contributed by atoms with van der Waals surface area (Å²) in [5.74, 6) is -0.359. The van der Waals surface area contributed by atoms with Gasteiger partial charge >= 0.3 is 0 Å². The van der Waals surface area contributed by atoms with E-state index < -0.39 is 0 Å². The molecule has 0 heterocycles. The molecule has 20 heavy (non-hydrogen) atoms. The zero-order valence-corrected chi connectivity index (χ0v) is 12.3. The van der Waals surface area contributed by atoms with E-state index in [1.807, 2.05) is 13.8 Å². The SMILES string of the molecule is CCN(CC)C(=O)CCNC(=O)c1cccc(C)c1O. The number of nitrogens with zero attached hydrogens (tertiary/aromatic N) is 1. The van der Waals surface area contributed by atoms with Crippen LogP contribution in [0.15, 0.2) is 18.2 Å². The summed E-state index contributed by atoms with van der Waals surface area (Å²) in [4.78, 5) is 25.4. The molecule has 0 unspecified atom stereocenters. The van der Waals surface area contributed by atoms with E-state index in [2.05, 4.69) is 5.32 Å². The number of amides is 2. The highest BCUT2D eigenvalue weighted by Gasteiger charge is 2.13. The van der Waals surface area contributed by atoms with E-state index in [0.717, 1.165) is 0 Å². The van der Waals surface area contributed by atoms with Gasteiger partial charge in [-0.15, -0.1) is 0 Å². The van der Waals surface area contributed by atoms with Crippen molar-refractivity contribution in [2.75, 3.05) is 19.6 Å². The lowest BCUT2D eigenvalue weighted by molar-refractivity contribution is -0.130.